The number of amides is 1. The average molecular weight is 1280 g/mol. The number of hydrogen-bond acceptors (Lipinski definition) is 18. The van der Waals surface area contributed by atoms with Crippen LogP contribution < -0.4 is 5.32 Å². The van der Waals surface area contributed by atoms with E-state index in [2.05, 4.69) is 19.2 Å². The Kier molecular flexibility index (Phi) is 48.5. The molecule has 3 saturated heterocycles. The lowest BCUT2D eigenvalue weighted by molar-refractivity contribution is -0.379. The standard InChI is InChI=1S/C70H133NO18/c1-3-5-7-9-11-13-15-17-19-21-23-25-26-28-29-31-33-35-37-39-41-43-45-47-54(75)53(71-58(76)48-46-44-42-40-38-36-34-32-30-27-24-22-20-18-16-14-12-10-8-6-4-2)52-84-68-64(82)61(79)66(56(50-73)86-68)89-70-65(83)62(80)67(57(51-74)87-70)88-69-63(81)60(78)59(77)55(49-72)85-69/h45,47,53-57,59-70,72-75,77-83H,3-44,46,48-52H2,1-2H3,(H,71,76)/b47-45+. The smallest absolute Gasteiger partial charge is 0.220 e. The van der Waals surface area contributed by atoms with Crippen LogP contribution in [0.15, 0.2) is 12.2 Å². The molecule has 3 heterocycles. The molecule has 0 bridgehead atoms. The molecular formula is C70H133NO18. The molecule has 0 aromatic heterocycles. The number of hydrogen-bond donors (Lipinski definition) is 12. The minimum atomic E-state index is -1.98. The van der Waals surface area contributed by atoms with Gasteiger partial charge in [0.15, 0.2) is 18.9 Å². The second kappa shape index (κ2) is 52.8. The van der Waals surface area contributed by atoms with Crippen LogP contribution in [-0.4, -0.2) is 193 Å². The monoisotopic (exact) mass is 1280 g/mol. The van der Waals surface area contributed by atoms with Crippen LogP contribution in [0.1, 0.15) is 296 Å². The normalized spacial score (nSPS) is 28.2. The van der Waals surface area contributed by atoms with Crippen LogP contribution in [-0.2, 0) is 33.2 Å². The molecule has 526 valence electrons. The van der Waals surface area contributed by atoms with E-state index < -0.39 is 124 Å². The van der Waals surface area contributed by atoms with Gasteiger partial charge in [-0.1, -0.05) is 283 Å². The third-order valence-electron chi connectivity index (χ3n) is 18.6. The molecule has 3 fully saturated rings. The summed E-state index contributed by atoms with van der Waals surface area (Å²) in [5.74, 6) is -0.268. The topological polar surface area (TPSA) is 307 Å². The number of carbonyl (C=O) groups is 1. The Balaban J connectivity index is 1.43. The first-order valence-corrected chi connectivity index (χ1v) is 36.4. The molecule has 19 heteroatoms. The number of allylic oxidation sites excluding steroid dienone is 1. The number of aliphatic hydroxyl groups excluding tert-OH is 11. The Morgan fingerprint density at radius 3 is 1.06 bits per heavy atom. The summed E-state index contributed by atoms with van der Waals surface area (Å²) in [6, 6.07) is -0.969. The highest BCUT2D eigenvalue weighted by Crippen LogP contribution is 2.33. The summed E-state index contributed by atoms with van der Waals surface area (Å²) in [6.45, 7) is 1.78. The van der Waals surface area contributed by atoms with E-state index in [9.17, 15) is 61.0 Å². The third kappa shape index (κ3) is 34.7. The van der Waals surface area contributed by atoms with Gasteiger partial charge in [-0.05, 0) is 19.3 Å². The number of carbonyl (C=O) groups excluding carboxylic acids is 1. The number of ether oxygens (including phenoxy) is 6. The number of rotatable bonds is 57. The number of unbranched alkanes of at least 4 members (excludes halogenated alkanes) is 41. The van der Waals surface area contributed by atoms with Gasteiger partial charge in [0, 0.05) is 6.42 Å². The highest BCUT2D eigenvalue weighted by Gasteiger charge is 2.53. The van der Waals surface area contributed by atoms with Crippen molar-refractivity contribution in [3.8, 4) is 0 Å². The molecule has 3 aliphatic rings. The summed E-state index contributed by atoms with van der Waals surface area (Å²) >= 11 is 0. The molecule has 0 spiro atoms. The summed E-state index contributed by atoms with van der Waals surface area (Å²) < 4.78 is 34.4. The molecule has 19 nitrogen and oxygen atoms in total. The highest BCUT2D eigenvalue weighted by atomic mass is 16.8. The fourth-order valence-corrected chi connectivity index (χ4v) is 12.7. The second-order valence-corrected chi connectivity index (χ2v) is 26.4. The van der Waals surface area contributed by atoms with Crippen LogP contribution in [0.2, 0.25) is 0 Å². The van der Waals surface area contributed by atoms with Crippen molar-refractivity contribution in [2.24, 2.45) is 0 Å². The van der Waals surface area contributed by atoms with Gasteiger partial charge in [-0.2, -0.15) is 0 Å². The van der Waals surface area contributed by atoms with E-state index in [1.165, 1.54) is 225 Å². The van der Waals surface area contributed by atoms with Crippen LogP contribution >= 0.6 is 0 Å². The quantitative estimate of drug-likeness (QED) is 0.0199. The zero-order chi connectivity index (χ0) is 64.7. The van der Waals surface area contributed by atoms with Gasteiger partial charge in [0.25, 0.3) is 0 Å². The molecule has 0 saturated carbocycles. The predicted molar refractivity (Wildman–Crippen MR) is 347 cm³/mol. The summed E-state index contributed by atoms with van der Waals surface area (Å²) in [4.78, 5) is 13.4. The average Bonchev–Trinajstić information content (AvgIpc) is 1.97. The maximum Gasteiger partial charge on any atom is 0.220 e. The van der Waals surface area contributed by atoms with Crippen molar-refractivity contribution in [2.75, 3.05) is 26.4 Å². The van der Waals surface area contributed by atoms with Crippen molar-refractivity contribution in [3.05, 3.63) is 12.2 Å². The van der Waals surface area contributed by atoms with Crippen molar-refractivity contribution in [2.45, 2.75) is 401 Å². The fourth-order valence-electron chi connectivity index (χ4n) is 12.7. The van der Waals surface area contributed by atoms with Crippen molar-refractivity contribution in [1.29, 1.82) is 0 Å². The maximum atomic E-state index is 13.4. The van der Waals surface area contributed by atoms with E-state index in [0.717, 1.165) is 44.9 Å². The van der Waals surface area contributed by atoms with E-state index in [0.29, 0.717) is 6.42 Å². The maximum absolute atomic E-state index is 13.4. The van der Waals surface area contributed by atoms with Gasteiger partial charge in [-0.15, -0.1) is 0 Å². The van der Waals surface area contributed by atoms with E-state index >= 15 is 0 Å². The van der Waals surface area contributed by atoms with Crippen molar-refractivity contribution in [1.82, 2.24) is 5.32 Å². The van der Waals surface area contributed by atoms with E-state index in [1.807, 2.05) is 6.08 Å². The highest BCUT2D eigenvalue weighted by molar-refractivity contribution is 5.76. The van der Waals surface area contributed by atoms with E-state index in [-0.39, 0.29) is 18.9 Å². The lowest BCUT2D eigenvalue weighted by Crippen LogP contribution is -2.66. The largest absolute Gasteiger partial charge is 0.394 e. The predicted octanol–water partition coefficient (Wildman–Crippen LogP) is 10.1. The molecule has 3 rings (SSSR count). The zero-order valence-electron chi connectivity index (χ0n) is 55.7. The molecule has 0 aromatic carbocycles. The third-order valence-corrected chi connectivity index (χ3v) is 18.6. The lowest BCUT2D eigenvalue weighted by Gasteiger charge is -2.48. The van der Waals surface area contributed by atoms with Gasteiger partial charge < -0.3 is 89.9 Å². The summed E-state index contributed by atoms with van der Waals surface area (Å²) in [5.41, 5.74) is 0. The van der Waals surface area contributed by atoms with Gasteiger partial charge in [-0.25, -0.2) is 0 Å². The van der Waals surface area contributed by atoms with Crippen LogP contribution in [0.25, 0.3) is 0 Å². The first kappa shape index (κ1) is 81.8. The summed E-state index contributed by atoms with van der Waals surface area (Å²) in [6.07, 6.45) is 31.8. The van der Waals surface area contributed by atoms with Gasteiger partial charge in [0.2, 0.25) is 5.91 Å². The molecule has 3 aliphatic heterocycles. The molecule has 89 heavy (non-hydrogen) atoms. The Morgan fingerprint density at radius 1 is 0.393 bits per heavy atom. The van der Waals surface area contributed by atoms with Crippen molar-refractivity contribution in [3.63, 3.8) is 0 Å². The van der Waals surface area contributed by atoms with E-state index in [1.54, 1.807) is 6.08 Å². The SMILES string of the molecule is CCCCCCCCCCCCCCCCCCCCCCC/C=C/C(O)C(COC1OC(CO)C(OC2OC(CO)C(OC3OC(CO)C(O)C(O)C3O)C(O)C2O)C(O)C1O)NC(=O)CCCCCCCCCCCCCCCCCCCCCCC. The zero-order valence-corrected chi connectivity index (χ0v) is 55.7. The number of nitrogens with one attached hydrogen (secondary N) is 1. The molecule has 17 atom stereocenters. The van der Waals surface area contributed by atoms with Gasteiger partial charge in [0.1, 0.15) is 73.2 Å². The van der Waals surface area contributed by atoms with Crippen LogP contribution in [0.3, 0.4) is 0 Å². The fraction of sp³-hybridized carbons (Fsp3) is 0.957. The Labute approximate surface area is 537 Å². The Hall–Kier alpha value is -1.47. The molecule has 0 radical (unpaired) electrons. The van der Waals surface area contributed by atoms with E-state index in [4.69, 9.17) is 28.4 Å². The Morgan fingerprint density at radius 2 is 0.697 bits per heavy atom. The minimum Gasteiger partial charge on any atom is -0.394 e. The van der Waals surface area contributed by atoms with Crippen LogP contribution in [0, 0.1) is 0 Å². The second-order valence-electron chi connectivity index (χ2n) is 26.4. The minimum absolute atomic E-state index is 0.250. The lowest BCUT2D eigenvalue weighted by atomic mass is 9.96. The van der Waals surface area contributed by atoms with Crippen LogP contribution in [0.5, 0.6) is 0 Å². The molecule has 0 aliphatic carbocycles. The van der Waals surface area contributed by atoms with Gasteiger partial charge >= 0.3 is 0 Å². The molecule has 17 unspecified atom stereocenters. The van der Waals surface area contributed by atoms with Crippen molar-refractivity contribution < 1.29 is 89.4 Å². The summed E-state index contributed by atoms with van der Waals surface area (Å²) in [7, 11) is 0. The Bertz CT molecular complexity index is 1670. The molecular weight excluding hydrogens is 1140 g/mol. The molecule has 12 N–H and O–H groups in total. The first-order valence-electron chi connectivity index (χ1n) is 36.4. The molecule has 1 amide bonds. The molecule has 0 aromatic rings. The van der Waals surface area contributed by atoms with Crippen LogP contribution in [0.4, 0.5) is 0 Å². The van der Waals surface area contributed by atoms with Gasteiger partial charge in [0.05, 0.1) is 38.6 Å². The van der Waals surface area contributed by atoms with Gasteiger partial charge in [-0.3, -0.25) is 4.79 Å². The number of aliphatic hydroxyl groups is 11. The first-order chi connectivity index (χ1) is 43.3. The van der Waals surface area contributed by atoms with Crippen molar-refractivity contribution >= 4 is 5.91 Å². The summed E-state index contributed by atoms with van der Waals surface area (Å²) in [5, 5.41) is 121.